The van der Waals surface area contributed by atoms with Gasteiger partial charge in [-0.15, -0.1) is 0 Å². The van der Waals surface area contributed by atoms with Crippen LogP contribution in [0.5, 0.6) is 0 Å². The Labute approximate surface area is 115 Å². The Morgan fingerprint density at radius 3 is 2.60 bits per heavy atom. The van der Waals surface area contributed by atoms with Gasteiger partial charge in [0.05, 0.1) is 16.2 Å². The van der Waals surface area contributed by atoms with Gasteiger partial charge in [-0.1, -0.05) is 0 Å². The molecule has 1 atom stereocenters. The molecule has 1 fully saturated rings. The Kier molecular flexibility index (Phi) is 2.67. The SMILES string of the molecule is Cc1c(C(=O)O)ccc(S(C)(=O)=O)c1C1=C2CC2ON1. The molecule has 1 aromatic rings. The molecule has 1 saturated carbocycles. The molecule has 2 N–H and O–H groups in total. The van der Waals surface area contributed by atoms with Crippen molar-refractivity contribution >= 4 is 21.5 Å². The first-order valence-corrected chi connectivity index (χ1v) is 7.92. The summed E-state index contributed by atoms with van der Waals surface area (Å²) in [7, 11) is -3.46. The molecular formula is C13H13NO5S. The first-order valence-electron chi connectivity index (χ1n) is 6.02. The summed E-state index contributed by atoms with van der Waals surface area (Å²) in [6.07, 6.45) is 1.85. The van der Waals surface area contributed by atoms with Gasteiger partial charge in [0.25, 0.3) is 0 Å². The molecule has 2 aliphatic rings. The fourth-order valence-corrected chi connectivity index (χ4v) is 3.40. The minimum Gasteiger partial charge on any atom is -0.478 e. The van der Waals surface area contributed by atoms with E-state index in [-0.39, 0.29) is 16.6 Å². The number of hydrogen-bond acceptors (Lipinski definition) is 5. The quantitative estimate of drug-likeness (QED) is 0.868. The molecule has 106 valence electrons. The lowest BCUT2D eigenvalue weighted by molar-refractivity contribution is 0.0695. The summed E-state index contributed by atoms with van der Waals surface area (Å²) in [4.78, 5) is 16.6. The number of aromatic carboxylic acids is 1. The van der Waals surface area contributed by atoms with Crippen molar-refractivity contribution in [3.8, 4) is 0 Å². The lowest BCUT2D eigenvalue weighted by Gasteiger charge is -2.15. The van der Waals surface area contributed by atoms with Crippen molar-refractivity contribution < 1.29 is 23.2 Å². The third-order valence-electron chi connectivity index (χ3n) is 3.56. The largest absolute Gasteiger partial charge is 0.478 e. The van der Waals surface area contributed by atoms with Crippen LogP contribution in [0.2, 0.25) is 0 Å². The fourth-order valence-electron chi connectivity index (χ4n) is 2.46. The normalized spacial score (nSPS) is 20.6. The highest BCUT2D eigenvalue weighted by Gasteiger charge is 2.42. The highest BCUT2D eigenvalue weighted by Crippen LogP contribution is 2.45. The van der Waals surface area contributed by atoms with Gasteiger partial charge < -0.3 is 5.11 Å². The predicted molar refractivity (Wildman–Crippen MR) is 70.8 cm³/mol. The summed E-state index contributed by atoms with van der Waals surface area (Å²) < 4.78 is 23.9. The maximum absolute atomic E-state index is 11.9. The molecule has 6 nitrogen and oxygen atoms in total. The number of carboxylic acid groups (broad SMARTS) is 1. The molecule has 0 spiro atoms. The van der Waals surface area contributed by atoms with E-state index < -0.39 is 15.8 Å². The second-order valence-electron chi connectivity index (χ2n) is 5.00. The van der Waals surface area contributed by atoms with E-state index in [1.807, 2.05) is 0 Å². The van der Waals surface area contributed by atoms with E-state index in [0.29, 0.717) is 16.8 Å². The van der Waals surface area contributed by atoms with Crippen molar-refractivity contribution in [3.63, 3.8) is 0 Å². The zero-order valence-corrected chi connectivity index (χ0v) is 11.7. The van der Waals surface area contributed by atoms with Gasteiger partial charge in [-0.3, -0.25) is 10.3 Å². The van der Waals surface area contributed by atoms with Crippen LogP contribution < -0.4 is 5.48 Å². The van der Waals surface area contributed by atoms with Crippen LogP contribution in [0.4, 0.5) is 0 Å². The summed E-state index contributed by atoms with van der Waals surface area (Å²) in [5.41, 5.74) is 5.21. The van der Waals surface area contributed by atoms with Crippen molar-refractivity contribution in [2.75, 3.05) is 6.26 Å². The first kappa shape index (κ1) is 13.1. The molecular weight excluding hydrogens is 282 g/mol. The van der Waals surface area contributed by atoms with Gasteiger partial charge in [-0.2, -0.15) is 0 Å². The summed E-state index contributed by atoms with van der Waals surface area (Å²) in [6.45, 7) is 1.61. The van der Waals surface area contributed by atoms with Gasteiger partial charge in [0.15, 0.2) is 9.84 Å². The average Bonchev–Trinajstić information content (AvgIpc) is 3.00. The zero-order valence-electron chi connectivity index (χ0n) is 10.9. The molecule has 0 bridgehead atoms. The maximum atomic E-state index is 11.9. The molecule has 3 rings (SSSR count). The van der Waals surface area contributed by atoms with Crippen LogP contribution in [-0.2, 0) is 14.7 Å². The molecule has 0 saturated heterocycles. The van der Waals surface area contributed by atoms with E-state index in [2.05, 4.69) is 5.48 Å². The van der Waals surface area contributed by atoms with Crippen LogP contribution >= 0.6 is 0 Å². The van der Waals surface area contributed by atoms with E-state index in [1.54, 1.807) is 6.92 Å². The average molecular weight is 295 g/mol. The molecule has 0 amide bonds. The van der Waals surface area contributed by atoms with Crippen molar-refractivity contribution in [2.24, 2.45) is 0 Å². The van der Waals surface area contributed by atoms with E-state index in [0.717, 1.165) is 18.2 Å². The number of carbonyl (C=O) groups is 1. The van der Waals surface area contributed by atoms with Gasteiger partial charge in [0.2, 0.25) is 0 Å². The Morgan fingerprint density at radius 2 is 2.15 bits per heavy atom. The summed E-state index contributed by atoms with van der Waals surface area (Å²) >= 11 is 0. The van der Waals surface area contributed by atoms with Crippen LogP contribution in [-0.4, -0.2) is 31.9 Å². The zero-order chi connectivity index (χ0) is 14.7. The Hall–Kier alpha value is -1.86. The van der Waals surface area contributed by atoms with Gasteiger partial charge in [-0.25, -0.2) is 13.2 Å². The fraction of sp³-hybridized carbons (Fsp3) is 0.308. The van der Waals surface area contributed by atoms with Gasteiger partial charge in [0, 0.05) is 18.2 Å². The van der Waals surface area contributed by atoms with Crippen molar-refractivity contribution in [2.45, 2.75) is 24.3 Å². The number of hydroxylamine groups is 1. The molecule has 1 aliphatic carbocycles. The van der Waals surface area contributed by atoms with Crippen molar-refractivity contribution in [3.05, 3.63) is 34.4 Å². The van der Waals surface area contributed by atoms with Crippen LogP contribution in [0.25, 0.3) is 5.70 Å². The number of carboxylic acids is 1. The van der Waals surface area contributed by atoms with Crippen LogP contribution in [0.3, 0.4) is 0 Å². The Balaban J connectivity index is 2.31. The summed E-state index contributed by atoms with van der Waals surface area (Å²) in [5.74, 6) is -1.08. The molecule has 0 radical (unpaired) electrons. The maximum Gasteiger partial charge on any atom is 0.335 e. The Morgan fingerprint density at radius 1 is 1.45 bits per heavy atom. The monoisotopic (exact) mass is 295 g/mol. The van der Waals surface area contributed by atoms with Crippen LogP contribution in [0, 0.1) is 6.92 Å². The highest BCUT2D eigenvalue weighted by atomic mass is 32.2. The third kappa shape index (κ3) is 1.90. The van der Waals surface area contributed by atoms with Crippen LogP contribution in [0.15, 0.2) is 22.6 Å². The minimum atomic E-state index is -3.46. The van der Waals surface area contributed by atoms with Gasteiger partial charge in [0.1, 0.15) is 6.10 Å². The molecule has 20 heavy (non-hydrogen) atoms. The molecule has 1 aromatic carbocycles. The number of rotatable bonds is 3. The number of fused-ring (bicyclic) bond motifs is 1. The minimum absolute atomic E-state index is 0.00899. The standard InChI is InChI=1S/C13H13NO5S/c1-6-7(13(15)16)3-4-10(20(2,17)18)11(6)12-8-5-9(8)19-14-12/h3-4,9,14H,5H2,1-2H3,(H,15,16). The summed E-state index contributed by atoms with van der Waals surface area (Å²) in [5, 5.41) is 9.19. The highest BCUT2D eigenvalue weighted by molar-refractivity contribution is 7.90. The van der Waals surface area contributed by atoms with E-state index in [4.69, 9.17) is 4.84 Å². The van der Waals surface area contributed by atoms with Gasteiger partial charge >= 0.3 is 5.97 Å². The smallest absolute Gasteiger partial charge is 0.335 e. The number of hydrogen-bond donors (Lipinski definition) is 2. The molecule has 7 heteroatoms. The lowest BCUT2D eigenvalue weighted by Crippen LogP contribution is -2.15. The van der Waals surface area contributed by atoms with E-state index in [9.17, 15) is 18.3 Å². The van der Waals surface area contributed by atoms with Crippen LogP contribution in [0.1, 0.15) is 27.9 Å². The lowest BCUT2D eigenvalue weighted by atomic mass is 9.99. The number of sulfone groups is 1. The second-order valence-corrected chi connectivity index (χ2v) is 6.99. The van der Waals surface area contributed by atoms with E-state index in [1.165, 1.54) is 12.1 Å². The van der Waals surface area contributed by atoms with Crippen molar-refractivity contribution in [1.29, 1.82) is 0 Å². The topological polar surface area (TPSA) is 92.7 Å². The molecule has 1 aliphatic heterocycles. The molecule has 1 heterocycles. The van der Waals surface area contributed by atoms with Crippen molar-refractivity contribution in [1.82, 2.24) is 5.48 Å². The number of nitrogens with one attached hydrogen (secondary N) is 1. The second kappa shape index (κ2) is 4.07. The Bertz CT molecular complexity index is 763. The first-order chi connectivity index (χ1) is 9.30. The number of benzene rings is 1. The van der Waals surface area contributed by atoms with Gasteiger partial charge in [-0.05, 0) is 30.2 Å². The molecule has 0 aromatic heterocycles. The summed E-state index contributed by atoms with van der Waals surface area (Å²) in [6, 6.07) is 2.66. The predicted octanol–water partition coefficient (Wildman–Crippen LogP) is 1.11. The van der Waals surface area contributed by atoms with E-state index >= 15 is 0 Å². The molecule has 1 unspecified atom stereocenters. The third-order valence-corrected chi connectivity index (χ3v) is 4.70.